The third-order valence-corrected chi connectivity index (χ3v) is 4.82. The Morgan fingerprint density at radius 1 is 0.769 bits per heavy atom. The summed E-state index contributed by atoms with van der Waals surface area (Å²) in [4.78, 5) is 9.23. The molecule has 3 nitrogen and oxygen atoms in total. The van der Waals surface area contributed by atoms with E-state index in [-0.39, 0.29) is 0 Å². The molecule has 0 spiro atoms. The van der Waals surface area contributed by atoms with E-state index >= 15 is 0 Å². The van der Waals surface area contributed by atoms with E-state index in [0.717, 1.165) is 33.2 Å². The largest absolute Gasteiger partial charge is 0.307 e. The Kier molecular flexibility index (Phi) is 3.32. The lowest BCUT2D eigenvalue weighted by atomic mass is 10.0. The molecule has 0 aliphatic carbocycles. The molecule has 5 aromatic rings. The molecule has 2 aromatic carbocycles. The van der Waals surface area contributed by atoms with E-state index in [9.17, 15) is 0 Å². The summed E-state index contributed by atoms with van der Waals surface area (Å²) in [5.41, 5.74) is 7.79. The van der Waals surface area contributed by atoms with Gasteiger partial charge in [0.1, 0.15) is 5.65 Å². The average Bonchev–Trinajstić information content (AvgIpc) is 3.11. The monoisotopic (exact) mass is 335 g/mol. The zero-order valence-electron chi connectivity index (χ0n) is 14.4. The highest BCUT2D eigenvalue weighted by atomic mass is 15.0. The van der Waals surface area contributed by atoms with Crippen LogP contribution >= 0.6 is 0 Å². The van der Waals surface area contributed by atoms with Crippen LogP contribution < -0.4 is 0 Å². The molecule has 3 heteroatoms. The highest BCUT2D eigenvalue weighted by molar-refractivity contribution is 5.97. The average molecular weight is 335 g/mol. The van der Waals surface area contributed by atoms with Crippen molar-refractivity contribution < 1.29 is 0 Å². The summed E-state index contributed by atoms with van der Waals surface area (Å²) >= 11 is 0. The third-order valence-electron chi connectivity index (χ3n) is 4.82. The fraction of sp³-hybridized carbons (Fsp3) is 0.0435. The van der Waals surface area contributed by atoms with Crippen molar-refractivity contribution in [1.29, 1.82) is 0 Å². The molecule has 3 aromatic heterocycles. The molecule has 124 valence electrons. The molecule has 0 bridgehead atoms. The Labute approximate surface area is 151 Å². The second kappa shape index (κ2) is 5.81. The van der Waals surface area contributed by atoms with Gasteiger partial charge in [-0.1, -0.05) is 48.0 Å². The zero-order valence-corrected chi connectivity index (χ0v) is 14.4. The van der Waals surface area contributed by atoms with E-state index in [2.05, 4.69) is 77.2 Å². The van der Waals surface area contributed by atoms with Crippen LogP contribution in [0.3, 0.4) is 0 Å². The summed E-state index contributed by atoms with van der Waals surface area (Å²) in [7, 11) is 0. The molecule has 0 saturated carbocycles. The molecular weight excluding hydrogens is 318 g/mol. The molecule has 0 aliphatic heterocycles. The van der Waals surface area contributed by atoms with Crippen molar-refractivity contribution in [3.63, 3.8) is 0 Å². The molecule has 0 N–H and O–H groups in total. The molecular formula is C23H17N3. The quantitative estimate of drug-likeness (QED) is 0.425. The van der Waals surface area contributed by atoms with E-state index < -0.39 is 0 Å². The normalized spacial score (nSPS) is 11.3. The summed E-state index contributed by atoms with van der Waals surface area (Å²) in [6, 6.07) is 20.9. The standard InChI is InChI=1S/C23H17N3/c1-16-6-8-17(9-7-16)18-14-25-23-21(11-13-26(23)15-18)19-10-12-24-22-5-3-2-4-20(19)22/h2-15H,1H3. The predicted molar refractivity (Wildman–Crippen MR) is 106 cm³/mol. The van der Waals surface area contributed by atoms with Crippen LogP contribution in [0.15, 0.2) is 85.5 Å². The zero-order chi connectivity index (χ0) is 17.5. The van der Waals surface area contributed by atoms with E-state index in [4.69, 9.17) is 4.98 Å². The first-order valence-corrected chi connectivity index (χ1v) is 8.67. The van der Waals surface area contributed by atoms with Gasteiger partial charge in [-0.15, -0.1) is 0 Å². The maximum atomic E-state index is 4.77. The number of nitrogens with zero attached hydrogens (tertiary/aromatic N) is 3. The molecule has 0 fully saturated rings. The molecule has 3 heterocycles. The van der Waals surface area contributed by atoms with E-state index in [0.29, 0.717) is 0 Å². The molecule has 0 radical (unpaired) electrons. The number of aromatic nitrogens is 3. The molecule has 0 saturated heterocycles. The minimum Gasteiger partial charge on any atom is -0.307 e. The van der Waals surface area contributed by atoms with Gasteiger partial charge in [-0.25, -0.2) is 4.98 Å². The molecule has 0 amide bonds. The molecule has 0 aliphatic rings. The molecule has 26 heavy (non-hydrogen) atoms. The Morgan fingerprint density at radius 2 is 1.62 bits per heavy atom. The maximum absolute atomic E-state index is 4.77. The van der Waals surface area contributed by atoms with Crippen LogP contribution in [0.2, 0.25) is 0 Å². The van der Waals surface area contributed by atoms with Crippen LogP contribution in [0.1, 0.15) is 5.56 Å². The lowest BCUT2D eigenvalue weighted by Gasteiger charge is -2.07. The van der Waals surface area contributed by atoms with Crippen LogP contribution in [0.25, 0.3) is 38.8 Å². The van der Waals surface area contributed by atoms with Gasteiger partial charge in [-0.05, 0) is 36.2 Å². The fourth-order valence-electron chi connectivity index (χ4n) is 3.43. The highest BCUT2D eigenvalue weighted by Crippen LogP contribution is 2.31. The number of para-hydroxylation sites is 1. The number of benzene rings is 2. The van der Waals surface area contributed by atoms with Gasteiger partial charge in [0.05, 0.1) is 5.52 Å². The van der Waals surface area contributed by atoms with Crippen molar-refractivity contribution in [2.24, 2.45) is 0 Å². The van der Waals surface area contributed by atoms with Gasteiger partial charge in [0.2, 0.25) is 0 Å². The number of aryl methyl sites for hydroxylation is 1. The topological polar surface area (TPSA) is 30.2 Å². The van der Waals surface area contributed by atoms with Crippen molar-refractivity contribution in [1.82, 2.24) is 14.4 Å². The van der Waals surface area contributed by atoms with Crippen LogP contribution in [-0.4, -0.2) is 14.4 Å². The van der Waals surface area contributed by atoms with Crippen LogP contribution in [0.4, 0.5) is 0 Å². The maximum Gasteiger partial charge on any atom is 0.144 e. The van der Waals surface area contributed by atoms with Crippen LogP contribution in [0, 0.1) is 6.92 Å². The van der Waals surface area contributed by atoms with Gasteiger partial charge in [-0.2, -0.15) is 0 Å². The smallest absolute Gasteiger partial charge is 0.144 e. The van der Waals surface area contributed by atoms with Crippen LogP contribution in [-0.2, 0) is 0 Å². The third kappa shape index (κ3) is 2.37. The SMILES string of the molecule is Cc1ccc(-c2cnc3c(-c4ccnc5ccccc45)ccn3c2)cc1. The van der Waals surface area contributed by atoms with Gasteiger partial charge < -0.3 is 4.40 Å². The predicted octanol–water partition coefficient (Wildman–Crippen LogP) is 5.52. The van der Waals surface area contributed by atoms with Gasteiger partial charge in [-0.3, -0.25) is 4.98 Å². The minimum absolute atomic E-state index is 0.956. The van der Waals surface area contributed by atoms with Crippen molar-refractivity contribution in [3.05, 3.63) is 91.0 Å². The second-order valence-electron chi connectivity index (χ2n) is 6.54. The summed E-state index contributed by atoms with van der Waals surface area (Å²) in [6.45, 7) is 2.10. The Balaban J connectivity index is 1.67. The van der Waals surface area contributed by atoms with Crippen molar-refractivity contribution >= 4 is 16.6 Å². The van der Waals surface area contributed by atoms with Crippen LogP contribution in [0.5, 0.6) is 0 Å². The molecule has 0 unspecified atom stereocenters. The minimum atomic E-state index is 0.956. The van der Waals surface area contributed by atoms with Crippen molar-refractivity contribution in [2.75, 3.05) is 0 Å². The van der Waals surface area contributed by atoms with E-state index in [1.807, 2.05) is 24.5 Å². The molecule has 5 rings (SSSR count). The van der Waals surface area contributed by atoms with Gasteiger partial charge in [0, 0.05) is 41.3 Å². The van der Waals surface area contributed by atoms with Crippen molar-refractivity contribution in [3.8, 4) is 22.3 Å². The Bertz CT molecular complexity index is 1230. The van der Waals surface area contributed by atoms with E-state index in [1.165, 1.54) is 11.1 Å². The Morgan fingerprint density at radius 3 is 2.50 bits per heavy atom. The van der Waals surface area contributed by atoms with Gasteiger partial charge in [0.25, 0.3) is 0 Å². The summed E-state index contributed by atoms with van der Waals surface area (Å²) in [5, 5.41) is 1.15. The lowest BCUT2D eigenvalue weighted by Crippen LogP contribution is -1.91. The fourth-order valence-corrected chi connectivity index (χ4v) is 3.43. The number of pyridine rings is 1. The first-order chi connectivity index (χ1) is 12.8. The lowest BCUT2D eigenvalue weighted by molar-refractivity contribution is 1.14. The second-order valence-corrected chi connectivity index (χ2v) is 6.54. The highest BCUT2D eigenvalue weighted by Gasteiger charge is 2.11. The van der Waals surface area contributed by atoms with E-state index in [1.54, 1.807) is 0 Å². The summed E-state index contributed by atoms with van der Waals surface area (Å²) in [6.07, 6.45) is 8.03. The molecule has 0 atom stereocenters. The van der Waals surface area contributed by atoms with Gasteiger partial charge >= 0.3 is 0 Å². The first kappa shape index (κ1) is 14.8. The van der Waals surface area contributed by atoms with Gasteiger partial charge in [0.15, 0.2) is 0 Å². The Hall–Kier alpha value is -3.46. The first-order valence-electron chi connectivity index (χ1n) is 8.67. The number of hydrogen-bond acceptors (Lipinski definition) is 2. The number of rotatable bonds is 2. The summed E-state index contributed by atoms with van der Waals surface area (Å²) < 4.78 is 2.10. The van der Waals surface area contributed by atoms with Crippen molar-refractivity contribution in [2.45, 2.75) is 6.92 Å². The number of fused-ring (bicyclic) bond motifs is 2. The summed E-state index contributed by atoms with van der Waals surface area (Å²) in [5.74, 6) is 0. The number of hydrogen-bond donors (Lipinski definition) is 0.